The van der Waals surface area contributed by atoms with E-state index in [-0.39, 0.29) is 18.4 Å². The Labute approximate surface area is 204 Å². The molecule has 0 atom stereocenters. The van der Waals surface area contributed by atoms with Crippen LogP contribution in [0.5, 0.6) is 11.5 Å². The van der Waals surface area contributed by atoms with Gasteiger partial charge in [-0.25, -0.2) is 0 Å². The maximum absolute atomic E-state index is 12.7. The van der Waals surface area contributed by atoms with Gasteiger partial charge in [-0.3, -0.25) is 9.59 Å². The molecule has 35 heavy (non-hydrogen) atoms. The zero-order valence-electron chi connectivity index (χ0n) is 19.4. The smallest absolute Gasteiger partial charge is 0.254 e. The number of nitrogens with one attached hydrogen (secondary N) is 2. The molecule has 0 aromatic heterocycles. The van der Waals surface area contributed by atoms with Crippen LogP contribution in [0.3, 0.4) is 0 Å². The van der Waals surface area contributed by atoms with E-state index >= 15 is 0 Å². The molecule has 2 N–H and O–H groups in total. The summed E-state index contributed by atoms with van der Waals surface area (Å²) in [6.45, 7) is 3.13. The number of nitrogens with zero attached hydrogens (tertiary/aromatic N) is 1. The van der Waals surface area contributed by atoms with E-state index in [2.05, 4.69) is 10.6 Å². The Morgan fingerprint density at radius 3 is 2.29 bits per heavy atom. The minimum absolute atomic E-state index is 0.0616. The number of rotatable bonds is 10. The second-order valence-corrected chi connectivity index (χ2v) is 7.92. The molecule has 8 heteroatoms. The number of hydrogen-bond donors (Lipinski definition) is 2. The van der Waals surface area contributed by atoms with E-state index in [1.54, 1.807) is 29.2 Å². The number of carbonyl (C=O) groups is 2. The van der Waals surface area contributed by atoms with Crippen molar-refractivity contribution < 1.29 is 23.8 Å². The fourth-order valence-corrected chi connectivity index (χ4v) is 3.60. The molecule has 1 aliphatic rings. The van der Waals surface area contributed by atoms with Gasteiger partial charge in [0.25, 0.3) is 5.91 Å². The third-order valence-corrected chi connectivity index (χ3v) is 5.34. The number of para-hydroxylation sites is 1. The summed E-state index contributed by atoms with van der Waals surface area (Å²) >= 11 is 0. The van der Waals surface area contributed by atoms with Gasteiger partial charge in [0, 0.05) is 36.1 Å². The second-order valence-electron chi connectivity index (χ2n) is 7.92. The monoisotopic (exact) mass is 475 g/mol. The lowest BCUT2D eigenvalue weighted by atomic mass is 10.1. The van der Waals surface area contributed by atoms with Crippen LogP contribution < -0.4 is 20.1 Å². The third kappa shape index (κ3) is 7.48. The number of hydrogen-bond acceptors (Lipinski definition) is 6. The summed E-state index contributed by atoms with van der Waals surface area (Å²) in [6, 6.07) is 23.9. The Morgan fingerprint density at radius 1 is 0.800 bits per heavy atom. The quantitative estimate of drug-likeness (QED) is 0.435. The molecule has 3 aromatic rings. The Morgan fingerprint density at radius 2 is 1.49 bits per heavy atom. The lowest BCUT2D eigenvalue weighted by molar-refractivity contribution is -0.114. The topological polar surface area (TPSA) is 89.1 Å². The summed E-state index contributed by atoms with van der Waals surface area (Å²) in [5.41, 5.74) is 1.88. The van der Waals surface area contributed by atoms with E-state index in [9.17, 15) is 9.59 Å². The van der Waals surface area contributed by atoms with Crippen molar-refractivity contribution in [3.05, 3.63) is 84.4 Å². The Balaban J connectivity index is 1.22. The van der Waals surface area contributed by atoms with Crippen molar-refractivity contribution in [3.63, 3.8) is 0 Å². The van der Waals surface area contributed by atoms with Gasteiger partial charge in [0.15, 0.2) is 0 Å². The van der Waals surface area contributed by atoms with Gasteiger partial charge in [0.05, 0.1) is 19.8 Å². The van der Waals surface area contributed by atoms with Crippen LogP contribution in [0.2, 0.25) is 0 Å². The first-order valence-electron chi connectivity index (χ1n) is 11.6. The van der Waals surface area contributed by atoms with Crippen LogP contribution in [0.4, 0.5) is 11.4 Å². The summed E-state index contributed by atoms with van der Waals surface area (Å²) in [7, 11) is 0. The van der Waals surface area contributed by atoms with Crippen molar-refractivity contribution in [3.8, 4) is 11.5 Å². The molecule has 0 spiro atoms. The molecule has 0 unspecified atom stereocenters. The van der Waals surface area contributed by atoms with Crippen molar-refractivity contribution in [1.29, 1.82) is 0 Å². The van der Waals surface area contributed by atoms with Crippen LogP contribution in [0.25, 0.3) is 0 Å². The number of ether oxygens (including phenoxy) is 3. The standard InChI is InChI=1S/C27H29N3O5/c31-26(29-23-8-4-6-21(18-23)27(32)30-12-14-33-15-13-30)20-28-22-7-5-11-25(19-22)35-17-16-34-24-9-2-1-3-10-24/h1-11,18-19,28H,12-17,20H2,(H,29,31). The number of amides is 2. The van der Waals surface area contributed by atoms with Crippen LogP contribution in [-0.4, -0.2) is 62.8 Å². The minimum atomic E-state index is -0.219. The van der Waals surface area contributed by atoms with Crippen LogP contribution in [0.15, 0.2) is 78.9 Å². The van der Waals surface area contributed by atoms with Gasteiger partial charge >= 0.3 is 0 Å². The lowest BCUT2D eigenvalue weighted by Crippen LogP contribution is -2.40. The van der Waals surface area contributed by atoms with Crippen molar-refractivity contribution in [2.45, 2.75) is 0 Å². The Hall–Kier alpha value is -4.04. The number of anilines is 2. The maximum atomic E-state index is 12.7. The molecule has 0 radical (unpaired) electrons. The van der Waals surface area contributed by atoms with Gasteiger partial charge in [-0.05, 0) is 42.5 Å². The molecule has 1 aliphatic heterocycles. The highest BCUT2D eigenvalue weighted by Gasteiger charge is 2.18. The zero-order chi connectivity index (χ0) is 24.3. The molecular formula is C27H29N3O5. The summed E-state index contributed by atoms with van der Waals surface area (Å²) in [6.07, 6.45) is 0. The van der Waals surface area contributed by atoms with Gasteiger partial charge in [-0.1, -0.05) is 30.3 Å². The number of carbonyl (C=O) groups excluding carboxylic acids is 2. The number of benzene rings is 3. The first-order valence-corrected chi connectivity index (χ1v) is 11.6. The van der Waals surface area contributed by atoms with E-state index < -0.39 is 0 Å². The molecule has 4 rings (SSSR count). The zero-order valence-corrected chi connectivity index (χ0v) is 19.4. The van der Waals surface area contributed by atoms with Gasteiger partial charge in [0.1, 0.15) is 24.7 Å². The fourth-order valence-electron chi connectivity index (χ4n) is 3.60. The molecule has 8 nitrogen and oxygen atoms in total. The van der Waals surface area contributed by atoms with Crippen molar-refractivity contribution in [2.24, 2.45) is 0 Å². The molecule has 2 amide bonds. The molecular weight excluding hydrogens is 446 g/mol. The van der Waals surface area contributed by atoms with Crippen molar-refractivity contribution in [2.75, 3.05) is 56.7 Å². The average Bonchev–Trinajstić information content (AvgIpc) is 2.91. The predicted molar refractivity (Wildman–Crippen MR) is 134 cm³/mol. The van der Waals surface area contributed by atoms with Crippen LogP contribution in [0, 0.1) is 0 Å². The second kappa shape index (κ2) is 12.4. The van der Waals surface area contributed by atoms with Crippen LogP contribution in [0.1, 0.15) is 10.4 Å². The fraction of sp³-hybridized carbons (Fsp3) is 0.259. The normalized spacial score (nSPS) is 13.1. The first kappa shape index (κ1) is 24.1. The first-order chi connectivity index (χ1) is 17.2. The van der Waals surface area contributed by atoms with Crippen LogP contribution >= 0.6 is 0 Å². The van der Waals surface area contributed by atoms with Crippen LogP contribution in [-0.2, 0) is 9.53 Å². The maximum Gasteiger partial charge on any atom is 0.254 e. The molecule has 1 fully saturated rings. The van der Waals surface area contributed by atoms with E-state index in [1.165, 1.54) is 0 Å². The molecule has 1 saturated heterocycles. The highest BCUT2D eigenvalue weighted by molar-refractivity contribution is 5.98. The molecule has 3 aromatic carbocycles. The predicted octanol–water partition coefficient (Wildman–Crippen LogP) is 3.67. The summed E-state index contributed by atoms with van der Waals surface area (Å²) < 4.78 is 16.7. The average molecular weight is 476 g/mol. The summed E-state index contributed by atoms with van der Waals surface area (Å²) in [4.78, 5) is 26.9. The molecule has 182 valence electrons. The molecule has 1 heterocycles. The van der Waals surface area contributed by atoms with Gasteiger partial charge in [-0.15, -0.1) is 0 Å². The van der Waals surface area contributed by atoms with E-state index in [1.807, 2.05) is 54.6 Å². The highest BCUT2D eigenvalue weighted by Crippen LogP contribution is 2.18. The van der Waals surface area contributed by atoms with Crippen molar-refractivity contribution >= 4 is 23.2 Å². The van der Waals surface area contributed by atoms with Gasteiger partial charge < -0.3 is 29.7 Å². The lowest BCUT2D eigenvalue weighted by Gasteiger charge is -2.27. The molecule has 0 saturated carbocycles. The Kier molecular flexibility index (Phi) is 8.56. The summed E-state index contributed by atoms with van der Waals surface area (Å²) in [5.74, 6) is 1.20. The molecule has 0 bridgehead atoms. The largest absolute Gasteiger partial charge is 0.490 e. The molecule has 0 aliphatic carbocycles. The van der Waals surface area contributed by atoms with Crippen molar-refractivity contribution in [1.82, 2.24) is 4.90 Å². The van der Waals surface area contributed by atoms with Gasteiger partial charge in [-0.2, -0.15) is 0 Å². The number of morpholine rings is 1. The Bertz CT molecular complexity index is 1120. The SMILES string of the molecule is O=C(CNc1cccc(OCCOc2ccccc2)c1)Nc1cccc(C(=O)N2CCOCC2)c1. The van der Waals surface area contributed by atoms with E-state index in [4.69, 9.17) is 14.2 Å². The van der Waals surface area contributed by atoms with E-state index in [0.29, 0.717) is 56.5 Å². The minimum Gasteiger partial charge on any atom is -0.490 e. The third-order valence-electron chi connectivity index (χ3n) is 5.34. The van der Waals surface area contributed by atoms with Gasteiger partial charge in [0.2, 0.25) is 5.91 Å². The summed E-state index contributed by atoms with van der Waals surface area (Å²) in [5, 5.41) is 5.94. The van der Waals surface area contributed by atoms with E-state index in [0.717, 1.165) is 11.4 Å². The highest BCUT2D eigenvalue weighted by atomic mass is 16.5.